The molecule has 1 aliphatic heterocycles. The van der Waals surface area contributed by atoms with Crippen LogP contribution in [0.3, 0.4) is 0 Å². The van der Waals surface area contributed by atoms with Crippen LogP contribution >= 0.6 is 0 Å². The SMILES string of the molecule is Cc1cn2c(-c3cc(S(=O)(=O)C[C@@H]4CC[C@@H](C(C)(C)O)OC4)c(C)cc3C)cnc2c(N)n1. The largest absolute Gasteiger partial charge is 0.388 e. The Morgan fingerprint density at radius 3 is 2.58 bits per heavy atom. The van der Waals surface area contributed by atoms with Gasteiger partial charge in [0.15, 0.2) is 21.3 Å². The van der Waals surface area contributed by atoms with Gasteiger partial charge in [0.1, 0.15) is 0 Å². The fraction of sp³-hybridized carbons (Fsp3) is 0.500. The number of aryl methyl sites for hydroxylation is 3. The molecule has 0 radical (unpaired) electrons. The number of nitrogens with zero attached hydrogens (tertiary/aromatic N) is 3. The van der Waals surface area contributed by atoms with Gasteiger partial charge in [-0.1, -0.05) is 6.07 Å². The molecule has 0 unspecified atom stereocenters. The molecule has 9 heteroatoms. The molecule has 4 rings (SSSR count). The van der Waals surface area contributed by atoms with Crippen LogP contribution in [0.2, 0.25) is 0 Å². The number of nitrogen functional groups attached to an aromatic ring is 1. The molecule has 178 valence electrons. The van der Waals surface area contributed by atoms with Crippen LogP contribution in [-0.4, -0.2) is 52.0 Å². The summed E-state index contributed by atoms with van der Waals surface area (Å²) in [5.74, 6) is 0.237. The maximum absolute atomic E-state index is 13.4. The van der Waals surface area contributed by atoms with E-state index in [0.717, 1.165) is 22.5 Å². The third-order valence-electron chi connectivity index (χ3n) is 6.38. The number of aliphatic hydroxyl groups is 1. The maximum Gasteiger partial charge on any atom is 0.180 e. The van der Waals surface area contributed by atoms with E-state index in [1.807, 2.05) is 37.4 Å². The molecule has 0 saturated carbocycles. The number of fused-ring (bicyclic) bond motifs is 1. The highest BCUT2D eigenvalue weighted by molar-refractivity contribution is 7.91. The highest BCUT2D eigenvalue weighted by atomic mass is 32.2. The van der Waals surface area contributed by atoms with Crippen molar-refractivity contribution in [1.82, 2.24) is 14.4 Å². The Labute approximate surface area is 194 Å². The molecular formula is C24H32N4O4S. The number of anilines is 1. The molecule has 1 aromatic carbocycles. The molecular weight excluding hydrogens is 440 g/mol. The van der Waals surface area contributed by atoms with E-state index in [4.69, 9.17) is 10.5 Å². The molecule has 2 atom stereocenters. The van der Waals surface area contributed by atoms with Crippen LogP contribution in [0.15, 0.2) is 29.4 Å². The van der Waals surface area contributed by atoms with Crippen LogP contribution in [0.25, 0.3) is 16.9 Å². The predicted octanol–water partition coefficient (Wildman–Crippen LogP) is 3.24. The van der Waals surface area contributed by atoms with Gasteiger partial charge in [0, 0.05) is 11.8 Å². The van der Waals surface area contributed by atoms with Gasteiger partial charge < -0.3 is 15.6 Å². The number of rotatable bonds is 5. The van der Waals surface area contributed by atoms with Crippen LogP contribution in [0.4, 0.5) is 5.82 Å². The molecule has 3 heterocycles. The van der Waals surface area contributed by atoms with Crippen molar-refractivity contribution in [3.8, 4) is 11.3 Å². The number of aromatic nitrogens is 3. The third kappa shape index (κ3) is 4.62. The number of imidazole rings is 1. The van der Waals surface area contributed by atoms with E-state index >= 15 is 0 Å². The Morgan fingerprint density at radius 1 is 1.21 bits per heavy atom. The van der Waals surface area contributed by atoms with Crippen molar-refractivity contribution in [3.63, 3.8) is 0 Å². The molecule has 0 amide bonds. The van der Waals surface area contributed by atoms with E-state index in [1.54, 1.807) is 26.1 Å². The van der Waals surface area contributed by atoms with Crippen molar-refractivity contribution >= 4 is 21.3 Å². The lowest BCUT2D eigenvalue weighted by Crippen LogP contribution is -2.43. The Kier molecular flexibility index (Phi) is 6.01. The summed E-state index contributed by atoms with van der Waals surface area (Å²) in [6, 6.07) is 3.65. The van der Waals surface area contributed by atoms with Crippen molar-refractivity contribution < 1.29 is 18.3 Å². The standard InChI is InChI=1S/C24H32N4O4S/c1-14-8-15(2)20(33(30,31)13-17-6-7-21(32-12-17)24(4,5)29)9-18(14)19-10-26-23-22(25)27-16(3)11-28(19)23/h8-11,17,21,29H,6-7,12-13H2,1-5H3,(H2,25,27)/t17-,21+/m1/s1. The third-order valence-corrected chi connectivity index (χ3v) is 8.41. The number of nitrogens with two attached hydrogens (primary N) is 1. The van der Waals surface area contributed by atoms with E-state index < -0.39 is 15.4 Å². The smallest absolute Gasteiger partial charge is 0.180 e. The first kappa shape index (κ1) is 23.7. The molecule has 1 aliphatic rings. The Hall–Kier alpha value is -2.49. The Bertz CT molecular complexity index is 1300. The highest BCUT2D eigenvalue weighted by Crippen LogP contribution is 2.33. The summed E-state index contributed by atoms with van der Waals surface area (Å²) in [7, 11) is -3.55. The normalized spacial score (nSPS) is 19.8. The number of benzene rings is 1. The van der Waals surface area contributed by atoms with Crippen LogP contribution in [0.1, 0.15) is 43.5 Å². The van der Waals surface area contributed by atoms with Gasteiger partial charge in [0.2, 0.25) is 0 Å². The number of ether oxygens (including phenoxy) is 1. The van der Waals surface area contributed by atoms with E-state index in [-0.39, 0.29) is 17.8 Å². The molecule has 1 fully saturated rings. The average molecular weight is 473 g/mol. The fourth-order valence-corrected chi connectivity index (χ4v) is 6.58. The zero-order chi connectivity index (χ0) is 24.1. The lowest BCUT2D eigenvalue weighted by atomic mass is 9.91. The van der Waals surface area contributed by atoms with Crippen LogP contribution in [0, 0.1) is 26.7 Å². The minimum atomic E-state index is -3.55. The summed E-state index contributed by atoms with van der Waals surface area (Å²) in [6.07, 6.45) is 4.61. The quantitative estimate of drug-likeness (QED) is 0.585. The van der Waals surface area contributed by atoms with Crippen LogP contribution in [0.5, 0.6) is 0 Å². The van der Waals surface area contributed by atoms with Crippen molar-refractivity contribution in [1.29, 1.82) is 0 Å². The van der Waals surface area contributed by atoms with Gasteiger partial charge in [-0.3, -0.25) is 4.40 Å². The predicted molar refractivity (Wildman–Crippen MR) is 128 cm³/mol. The second kappa shape index (κ2) is 8.38. The average Bonchev–Trinajstić information content (AvgIpc) is 3.11. The monoisotopic (exact) mass is 472 g/mol. The van der Waals surface area contributed by atoms with E-state index in [1.165, 1.54) is 0 Å². The van der Waals surface area contributed by atoms with Crippen molar-refractivity contribution in [2.75, 3.05) is 18.1 Å². The second-order valence-electron chi connectivity index (χ2n) is 9.74. The van der Waals surface area contributed by atoms with Crippen molar-refractivity contribution in [2.45, 2.75) is 64.1 Å². The molecule has 33 heavy (non-hydrogen) atoms. The number of hydrogen-bond donors (Lipinski definition) is 2. The van der Waals surface area contributed by atoms with Gasteiger partial charge in [-0.2, -0.15) is 0 Å². The molecule has 0 aliphatic carbocycles. The molecule has 3 N–H and O–H groups in total. The maximum atomic E-state index is 13.4. The van der Waals surface area contributed by atoms with E-state index in [9.17, 15) is 13.5 Å². The second-order valence-corrected chi connectivity index (χ2v) is 11.7. The summed E-state index contributed by atoms with van der Waals surface area (Å²) < 4.78 is 34.5. The lowest BCUT2D eigenvalue weighted by Gasteiger charge is -2.35. The molecule has 3 aromatic rings. The van der Waals surface area contributed by atoms with Gasteiger partial charge in [-0.25, -0.2) is 18.4 Å². The van der Waals surface area contributed by atoms with Crippen molar-refractivity contribution in [2.24, 2.45) is 5.92 Å². The summed E-state index contributed by atoms with van der Waals surface area (Å²) in [6.45, 7) is 9.40. The van der Waals surface area contributed by atoms with Gasteiger partial charge in [-0.15, -0.1) is 0 Å². The molecule has 2 aromatic heterocycles. The summed E-state index contributed by atoms with van der Waals surface area (Å²) in [4.78, 5) is 8.98. The first-order chi connectivity index (χ1) is 15.4. The minimum absolute atomic E-state index is 0.0120. The van der Waals surface area contributed by atoms with Gasteiger partial charge in [0.25, 0.3) is 0 Å². The number of hydrogen-bond acceptors (Lipinski definition) is 7. The molecule has 0 bridgehead atoms. The Morgan fingerprint density at radius 2 is 1.94 bits per heavy atom. The van der Waals surface area contributed by atoms with Crippen molar-refractivity contribution in [3.05, 3.63) is 41.3 Å². The van der Waals surface area contributed by atoms with Gasteiger partial charge in [-0.05, 0) is 70.6 Å². The summed E-state index contributed by atoms with van der Waals surface area (Å²) in [5, 5.41) is 10.2. The van der Waals surface area contributed by atoms with Gasteiger partial charge in [0.05, 0.1) is 46.5 Å². The topological polar surface area (TPSA) is 120 Å². The molecule has 8 nitrogen and oxygen atoms in total. The summed E-state index contributed by atoms with van der Waals surface area (Å²) >= 11 is 0. The fourth-order valence-electron chi connectivity index (χ4n) is 4.67. The first-order valence-corrected chi connectivity index (χ1v) is 12.8. The lowest BCUT2D eigenvalue weighted by molar-refractivity contribution is -0.119. The Balaban J connectivity index is 1.67. The van der Waals surface area contributed by atoms with Gasteiger partial charge >= 0.3 is 0 Å². The molecule has 1 saturated heterocycles. The first-order valence-electron chi connectivity index (χ1n) is 11.2. The van der Waals surface area contributed by atoms with E-state index in [0.29, 0.717) is 41.4 Å². The summed E-state index contributed by atoms with van der Waals surface area (Å²) in [5.41, 5.74) is 9.62. The van der Waals surface area contributed by atoms with Crippen LogP contribution in [-0.2, 0) is 14.6 Å². The molecule has 0 spiro atoms. The zero-order valence-electron chi connectivity index (χ0n) is 19.8. The minimum Gasteiger partial charge on any atom is -0.388 e. The zero-order valence-corrected chi connectivity index (χ0v) is 20.6. The highest BCUT2D eigenvalue weighted by Gasteiger charge is 2.34. The van der Waals surface area contributed by atoms with E-state index in [2.05, 4.69) is 9.97 Å². The number of sulfone groups is 1. The van der Waals surface area contributed by atoms with Crippen LogP contribution < -0.4 is 5.73 Å².